The molecule has 36 heavy (non-hydrogen) atoms. The highest BCUT2D eigenvalue weighted by Crippen LogP contribution is 2.34. The van der Waals surface area contributed by atoms with E-state index in [1.54, 1.807) is 4.90 Å². The number of anilines is 1. The van der Waals surface area contributed by atoms with Crippen molar-refractivity contribution in [2.75, 3.05) is 24.6 Å². The molecule has 3 N–H and O–H groups in total. The molecule has 1 unspecified atom stereocenters. The Labute approximate surface area is 207 Å². The van der Waals surface area contributed by atoms with E-state index < -0.39 is 29.6 Å². The Balaban J connectivity index is 1.47. The van der Waals surface area contributed by atoms with Crippen LogP contribution in [0.2, 0.25) is 5.02 Å². The number of nitrogens with two attached hydrogens (primary N) is 1. The van der Waals surface area contributed by atoms with Crippen molar-refractivity contribution in [1.82, 2.24) is 24.9 Å². The van der Waals surface area contributed by atoms with Crippen LogP contribution in [0, 0.1) is 0 Å². The van der Waals surface area contributed by atoms with Crippen molar-refractivity contribution in [2.45, 2.75) is 32.0 Å². The minimum absolute atomic E-state index is 0.0207. The molecule has 0 aliphatic carbocycles. The summed E-state index contributed by atoms with van der Waals surface area (Å²) in [4.78, 5) is 26.7. The number of hydrogen-bond acceptors (Lipinski definition) is 7. The average Bonchev–Trinajstić information content (AvgIpc) is 3.49. The molecular formula is C22H21ClF3N7O3. The topological polar surface area (TPSA) is 120 Å². The summed E-state index contributed by atoms with van der Waals surface area (Å²) < 4.78 is 48.4. The fourth-order valence-corrected chi connectivity index (χ4v) is 4.77. The van der Waals surface area contributed by atoms with Gasteiger partial charge in [0.1, 0.15) is 5.02 Å². The third kappa shape index (κ3) is 4.33. The lowest BCUT2D eigenvalue weighted by Crippen LogP contribution is -2.37. The maximum Gasteiger partial charge on any atom is 0.416 e. The van der Waals surface area contributed by atoms with Crippen molar-refractivity contribution in [3.63, 3.8) is 0 Å². The largest absolute Gasteiger partial charge is 0.416 e. The number of nitrogens with one attached hydrogen (secondary N) is 1. The van der Waals surface area contributed by atoms with E-state index in [0.717, 1.165) is 10.7 Å². The Kier molecular flexibility index (Phi) is 6.22. The molecule has 190 valence electrons. The molecule has 1 saturated heterocycles. The van der Waals surface area contributed by atoms with E-state index in [1.807, 2.05) is 0 Å². The van der Waals surface area contributed by atoms with E-state index in [0.29, 0.717) is 43.1 Å². The SMILES string of the molecule is NC(=O)c1nn(Cc2ccccc2C(F)(F)F)c2c1CN(c1cnn(C3NCCO3)c(=O)c1Cl)CC2. The summed E-state index contributed by atoms with van der Waals surface area (Å²) in [5.74, 6) is -0.806. The Hall–Kier alpha value is -3.42. The zero-order valence-electron chi connectivity index (χ0n) is 18.8. The molecule has 4 heterocycles. The number of nitrogens with zero attached hydrogens (tertiary/aromatic N) is 5. The first kappa shape index (κ1) is 24.3. The molecule has 2 aliphatic heterocycles. The lowest BCUT2D eigenvalue weighted by molar-refractivity contribution is -0.138. The first-order valence-electron chi connectivity index (χ1n) is 11.1. The van der Waals surface area contributed by atoms with Crippen LogP contribution in [0.4, 0.5) is 18.9 Å². The van der Waals surface area contributed by atoms with Crippen LogP contribution in [0.25, 0.3) is 0 Å². The predicted octanol–water partition coefficient (Wildman–Crippen LogP) is 1.90. The third-order valence-corrected chi connectivity index (χ3v) is 6.55. The van der Waals surface area contributed by atoms with Gasteiger partial charge in [0.2, 0.25) is 6.35 Å². The van der Waals surface area contributed by atoms with Gasteiger partial charge in [0.25, 0.3) is 11.5 Å². The van der Waals surface area contributed by atoms with Gasteiger partial charge in [0.15, 0.2) is 5.69 Å². The molecule has 1 fully saturated rings. The van der Waals surface area contributed by atoms with Crippen molar-refractivity contribution in [2.24, 2.45) is 5.73 Å². The van der Waals surface area contributed by atoms with Crippen molar-refractivity contribution >= 4 is 23.2 Å². The smallest absolute Gasteiger partial charge is 0.364 e. The molecule has 1 atom stereocenters. The molecule has 14 heteroatoms. The Morgan fingerprint density at radius 3 is 2.78 bits per heavy atom. The van der Waals surface area contributed by atoms with Crippen LogP contribution in [0.3, 0.4) is 0 Å². The number of hydrogen-bond donors (Lipinski definition) is 2. The van der Waals surface area contributed by atoms with E-state index in [4.69, 9.17) is 22.1 Å². The highest BCUT2D eigenvalue weighted by atomic mass is 35.5. The molecule has 10 nitrogen and oxygen atoms in total. The van der Waals surface area contributed by atoms with Gasteiger partial charge in [-0.05, 0) is 11.6 Å². The van der Waals surface area contributed by atoms with Gasteiger partial charge in [-0.25, -0.2) is 0 Å². The van der Waals surface area contributed by atoms with Crippen LogP contribution in [0.5, 0.6) is 0 Å². The lowest BCUT2D eigenvalue weighted by Gasteiger charge is -2.30. The van der Waals surface area contributed by atoms with Crippen LogP contribution in [0.15, 0.2) is 35.3 Å². The number of benzene rings is 1. The van der Waals surface area contributed by atoms with Crippen LogP contribution < -0.4 is 21.5 Å². The molecule has 0 bridgehead atoms. The summed E-state index contributed by atoms with van der Waals surface area (Å²) in [5, 5.41) is 11.3. The first-order valence-corrected chi connectivity index (χ1v) is 11.4. The number of carbonyl (C=O) groups is 1. The minimum atomic E-state index is -4.53. The Bertz CT molecular complexity index is 1380. The van der Waals surface area contributed by atoms with E-state index in [-0.39, 0.29) is 29.4 Å². The number of amides is 1. The summed E-state index contributed by atoms with van der Waals surface area (Å²) in [6.45, 7) is 1.30. The van der Waals surface area contributed by atoms with Crippen LogP contribution >= 0.6 is 11.6 Å². The summed E-state index contributed by atoms with van der Waals surface area (Å²) in [6, 6.07) is 5.21. The summed E-state index contributed by atoms with van der Waals surface area (Å²) >= 11 is 6.39. The molecular weight excluding hydrogens is 503 g/mol. The van der Waals surface area contributed by atoms with Gasteiger partial charge in [0, 0.05) is 37.3 Å². The van der Waals surface area contributed by atoms with Crippen molar-refractivity contribution < 1.29 is 22.7 Å². The number of rotatable bonds is 5. The van der Waals surface area contributed by atoms with Crippen LogP contribution in [-0.4, -0.2) is 45.2 Å². The number of ether oxygens (including phenoxy) is 1. The molecule has 0 saturated carbocycles. The Morgan fingerprint density at radius 2 is 2.08 bits per heavy atom. The fourth-order valence-electron chi connectivity index (χ4n) is 4.51. The monoisotopic (exact) mass is 523 g/mol. The molecule has 2 aliphatic rings. The van der Waals surface area contributed by atoms with Crippen molar-refractivity contribution in [3.05, 3.63) is 73.9 Å². The van der Waals surface area contributed by atoms with Gasteiger partial charge >= 0.3 is 6.18 Å². The second kappa shape index (κ2) is 9.22. The summed E-state index contributed by atoms with van der Waals surface area (Å²) in [7, 11) is 0. The highest BCUT2D eigenvalue weighted by Gasteiger charge is 2.34. The van der Waals surface area contributed by atoms with E-state index in [2.05, 4.69) is 15.5 Å². The zero-order chi connectivity index (χ0) is 25.6. The van der Waals surface area contributed by atoms with Crippen molar-refractivity contribution in [3.8, 4) is 0 Å². The zero-order valence-corrected chi connectivity index (χ0v) is 19.5. The molecule has 0 radical (unpaired) electrons. The lowest BCUT2D eigenvalue weighted by atomic mass is 10.0. The predicted molar refractivity (Wildman–Crippen MR) is 123 cm³/mol. The second-order valence-corrected chi connectivity index (χ2v) is 8.77. The molecule has 2 aromatic heterocycles. The number of aromatic nitrogens is 4. The van der Waals surface area contributed by atoms with E-state index in [9.17, 15) is 22.8 Å². The fraction of sp³-hybridized carbons (Fsp3) is 0.364. The van der Waals surface area contributed by atoms with Gasteiger partial charge in [-0.2, -0.15) is 28.1 Å². The van der Waals surface area contributed by atoms with Gasteiger partial charge < -0.3 is 15.4 Å². The van der Waals surface area contributed by atoms with Crippen LogP contribution in [-0.2, 0) is 30.4 Å². The molecule has 0 spiro atoms. The second-order valence-electron chi connectivity index (χ2n) is 8.39. The number of fused-ring (bicyclic) bond motifs is 1. The van der Waals surface area contributed by atoms with Gasteiger partial charge in [-0.15, -0.1) is 0 Å². The number of primary amides is 1. The quantitative estimate of drug-likeness (QED) is 0.524. The number of alkyl halides is 3. The minimum Gasteiger partial charge on any atom is -0.364 e. The van der Waals surface area contributed by atoms with Gasteiger partial charge in [-0.3, -0.25) is 19.6 Å². The maximum atomic E-state index is 13.5. The number of halogens is 4. The van der Waals surface area contributed by atoms with E-state index in [1.165, 1.54) is 29.1 Å². The van der Waals surface area contributed by atoms with E-state index >= 15 is 0 Å². The summed E-state index contributed by atoms with van der Waals surface area (Å²) in [5.41, 5.74) is 5.63. The first-order chi connectivity index (χ1) is 17.1. The normalized spacial score (nSPS) is 17.9. The molecule has 3 aromatic rings. The summed E-state index contributed by atoms with van der Waals surface area (Å²) in [6.07, 6.45) is -3.48. The Morgan fingerprint density at radius 1 is 1.31 bits per heavy atom. The van der Waals surface area contributed by atoms with Gasteiger partial charge in [0.05, 0.1) is 30.6 Å². The molecule has 1 amide bonds. The standard InChI is InChI=1S/C22H21ClF3N7O3/c23-17-16(9-29-33(20(17)35)21-28-6-8-36-21)31-7-5-15-13(11-31)18(19(27)34)30-32(15)10-12-3-1-2-4-14(12)22(24,25)26/h1-4,9,21,28H,5-8,10-11H2,(H2,27,34). The van der Waals surface area contributed by atoms with Gasteiger partial charge in [-0.1, -0.05) is 29.8 Å². The molecule has 1 aromatic carbocycles. The van der Waals surface area contributed by atoms with Crippen LogP contribution in [0.1, 0.15) is 39.2 Å². The number of carbonyl (C=O) groups excluding carboxylic acids is 1. The molecule has 5 rings (SSSR count). The highest BCUT2D eigenvalue weighted by molar-refractivity contribution is 6.33. The third-order valence-electron chi connectivity index (χ3n) is 6.19. The maximum absolute atomic E-state index is 13.5. The van der Waals surface area contributed by atoms with Crippen molar-refractivity contribution in [1.29, 1.82) is 0 Å². The average molecular weight is 524 g/mol.